The minimum Gasteiger partial charge on any atom is -0.508 e. The molecule has 1 atom stereocenters. The molecule has 0 aliphatic heterocycles. The number of phenols is 1. The van der Waals surface area contributed by atoms with E-state index >= 15 is 0 Å². The van der Waals surface area contributed by atoms with Gasteiger partial charge in [0.2, 0.25) is 0 Å². The molecule has 100 valence electrons. The number of aromatic hydroxyl groups is 1. The topological polar surface area (TPSA) is 68.9 Å². The van der Waals surface area contributed by atoms with Crippen molar-refractivity contribution in [2.45, 2.75) is 5.92 Å². The second kappa shape index (κ2) is 5.95. The Morgan fingerprint density at radius 2 is 2.21 bits per heavy atom. The first kappa shape index (κ1) is 13.0. The molecular weight excluding hydrogens is 248 g/mol. The molecule has 0 saturated carbocycles. The highest BCUT2D eigenvalue weighted by Crippen LogP contribution is 2.22. The van der Waals surface area contributed by atoms with Gasteiger partial charge < -0.3 is 19.0 Å². The number of hydrogen-bond acceptors (Lipinski definition) is 5. The lowest BCUT2D eigenvalue weighted by molar-refractivity contribution is -0.143. The first-order valence-electron chi connectivity index (χ1n) is 5.74. The SMILES string of the molecule is COC(=O)C(COc1cccc(O)c1)c1ccco1. The molecule has 2 rings (SSSR count). The monoisotopic (exact) mass is 262 g/mol. The molecule has 1 aromatic carbocycles. The number of methoxy groups -OCH3 is 1. The Morgan fingerprint density at radius 3 is 2.84 bits per heavy atom. The Bertz CT molecular complexity index is 533. The standard InChI is InChI=1S/C14H14O5/c1-17-14(16)12(13-6-3-7-18-13)9-19-11-5-2-4-10(15)8-11/h2-8,12,15H,9H2,1H3. The molecule has 1 N–H and O–H groups in total. The highest BCUT2D eigenvalue weighted by Gasteiger charge is 2.25. The minimum absolute atomic E-state index is 0.0731. The van der Waals surface area contributed by atoms with Gasteiger partial charge in [-0.1, -0.05) is 6.07 Å². The van der Waals surface area contributed by atoms with E-state index in [4.69, 9.17) is 13.9 Å². The van der Waals surface area contributed by atoms with Gasteiger partial charge in [-0.3, -0.25) is 4.79 Å². The van der Waals surface area contributed by atoms with Crippen molar-refractivity contribution < 1.29 is 23.8 Å². The second-order valence-corrected chi connectivity index (χ2v) is 3.90. The summed E-state index contributed by atoms with van der Waals surface area (Å²) in [5.74, 6) is -0.0185. The van der Waals surface area contributed by atoms with Crippen molar-refractivity contribution >= 4 is 5.97 Å². The van der Waals surface area contributed by atoms with Crippen LogP contribution in [-0.4, -0.2) is 24.8 Å². The zero-order chi connectivity index (χ0) is 13.7. The van der Waals surface area contributed by atoms with Crippen LogP contribution in [0.2, 0.25) is 0 Å². The molecule has 0 amide bonds. The Kier molecular flexibility index (Phi) is 4.07. The lowest BCUT2D eigenvalue weighted by Gasteiger charge is -2.13. The normalized spacial score (nSPS) is 11.8. The van der Waals surface area contributed by atoms with Crippen molar-refractivity contribution in [3.63, 3.8) is 0 Å². The van der Waals surface area contributed by atoms with Crippen LogP contribution in [0.1, 0.15) is 11.7 Å². The van der Waals surface area contributed by atoms with E-state index in [2.05, 4.69) is 0 Å². The molecule has 0 saturated heterocycles. The Hall–Kier alpha value is -2.43. The van der Waals surface area contributed by atoms with E-state index in [1.807, 2.05) is 0 Å². The molecular formula is C14H14O5. The molecule has 1 heterocycles. The second-order valence-electron chi connectivity index (χ2n) is 3.90. The molecule has 0 radical (unpaired) electrons. The average molecular weight is 262 g/mol. The summed E-state index contributed by atoms with van der Waals surface area (Å²) < 4.78 is 15.4. The fourth-order valence-corrected chi connectivity index (χ4v) is 1.65. The summed E-state index contributed by atoms with van der Waals surface area (Å²) in [6, 6.07) is 9.74. The van der Waals surface area contributed by atoms with E-state index in [1.54, 1.807) is 24.3 Å². The lowest BCUT2D eigenvalue weighted by Crippen LogP contribution is -2.20. The fraction of sp³-hybridized carbons (Fsp3) is 0.214. The van der Waals surface area contributed by atoms with Gasteiger partial charge >= 0.3 is 5.97 Å². The van der Waals surface area contributed by atoms with Gasteiger partial charge in [0, 0.05) is 6.07 Å². The molecule has 2 aromatic rings. The summed E-state index contributed by atoms with van der Waals surface area (Å²) in [5.41, 5.74) is 0. The number of furan rings is 1. The molecule has 5 heteroatoms. The zero-order valence-electron chi connectivity index (χ0n) is 10.4. The summed E-state index contributed by atoms with van der Waals surface area (Å²) >= 11 is 0. The molecule has 0 fully saturated rings. The van der Waals surface area contributed by atoms with Crippen LogP contribution in [0.25, 0.3) is 0 Å². The number of carbonyl (C=O) groups excluding carboxylic acids is 1. The van der Waals surface area contributed by atoms with Gasteiger partial charge in [-0.2, -0.15) is 0 Å². The molecule has 0 aliphatic carbocycles. The van der Waals surface area contributed by atoms with Gasteiger partial charge in [-0.15, -0.1) is 0 Å². The molecule has 19 heavy (non-hydrogen) atoms. The number of ether oxygens (including phenoxy) is 2. The summed E-state index contributed by atoms with van der Waals surface area (Å²) in [6.45, 7) is 0.0731. The number of carbonyl (C=O) groups is 1. The van der Waals surface area contributed by atoms with Gasteiger partial charge in [0.15, 0.2) is 0 Å². The number of benzene rings is 1. The van der Waals surface area contributed by atoms with Crippen molar-refractivity contribution in [3.05, 3.63) is 48.4 Å². The fourth-order valence-electron chi connectivity index (χ4n) is 1.65. The van der Waals surface area contributed by atoms with Crippen LogP contribution in [0.3, 0.4) is 0 Å². The summed E-state index contributed by atoms with van der Waals surface area (Å²) in [5, 5.41) is 9.33. The third kappa shape index (κ3) is 3.28. The Labute approximate surface area is 110 Å². The van der Waals surface area contributed by atoms with Crippen LogP contribution in [-0.2, 0) is 9.53 Å². The van der Waals surface area contributed by atoms with Crippen molar-refractivity contribution in [3.8, 4) is 11.5 Å². The van der Waals surface area contributed by atoms with E-state index < -0.39 is 11.9 Å². The zero-order valence-corrected chi connectivity index (χ0v) is 10.4. The quantitative estimate of drug-likeness (QED) is 0.837. The Balaban J connectivity index is 2.07. The third-order valence-electron chi connectivity index (χ3n) is 2.61. The third-order valence-corrected chi connectivity index (χ3v) is 2.61. The smallest absolute Gasteiger partial charge is 0.319 e. The maximum Gasteiger partial charge on any atom is 0.319 e. The molecule has 1 unspecified atom stereocenters. The predicted octanol–water partition coefficient (Wildman–Crippen LogP) is 2.32. The number of esters is 1. The molecule has 0 spiro atoms. The summed E-state index contributed by atoms with van der Waals surface area (Å²) in [4.78, 5) is 11.7. The number of phenolic OH excluding ortho intramolecular Hbond substituents is 1. The van der Waals surface area contributed by atoms with Crippen molar-refractivity contribution in [2.75, 3.05) is 13.7 Å². The van der Waals surface area contributed by atoms with E-state index in [-0.39, 0.29) is 12.4 Å². The van der Waals surface area contributed by atoms with Crippen LogP contribution < -0.4 is 4.74 Å². The van der Waals surface area contributed by atoms with Crippen molar-refractivity contribution in [2.24, 2.45) is 0 Å². The lowest BCUT2D eigenvalue weighted by atomic mass is 10.1. The minimum atomic E-state index is -0.637. The van der Waals surface area contributed by atoms with Crippen LogP contribution in [0.15, 0.2) is 47.1 Å². The summed E-state index contributed by atoms with van der Waals surface area (Å²) in [7, 11) is 1.31. The van der Waals surface area contributed by atoms with E-state index in [9.17, 15) is 9.90 Å². The number of rotatable bonds is 5. The van der Waals surface area contributed by atoms with Gasteiger partial charge in [0.1, 0.15) is 29.8 Å². The largest absolute Gasteiger partial charge is 0.508 e. The average Bonchev–Trinajstić information content (AvgIpc) is 2.92. The highest BCUT2D eigenvalue weighted by molar-refractivity contribution is 5.77. The molecule has 0 bridgehead atoms. The molecule has 5 nitrogen and oxygen atoms in total. The van der Waals surface area contributed by atoms with Gasteiger partial charge in [0.25, 0.3) is 0 Å². The Morgan fingerprint density at radius 1 is 1.37 bits per heavy atom. The van der Waals surface area contributed by atoms with Gasteiger partial charge in [-0.25, -0.2) is 0 Å². The maximum atomic E-state index is 11.7. The highest BCUT2D eigenvalue weighted by atomic mass is 16.5. The van der Waals surface area contributed by atoms with Gasteiger partial charge in [-0.05, 0) is 24.3 Å². The maximum absolute atomic E-state index is 11.7. The van der Waals surface area contributed by atoms with Crippen molar-refractivity contribution in [1.29, 1.82) is 0 Å². The first-order valence-corrected chi connectivity index (χ1v) is 5.74. The van der Waals surface area contributed by atoms with E-state index in [0.29, 0.717) is 11.5 Å². The molecule has 1 aromatic heterocycles. The predicted molar refractivity (Wildman–Crippen MR) is 67.1 cm³/mol. The van der Waals surface area contributed by atoms with E-state index in [0.717, 1.165) is 0 Å². The van der Waals surface area contributed by atoms with Crippen LogP contribution in [0.4, 0.5) is 0 Å². The van der Waals surface area contributed by atoms with Crippen LogP contribution in [0.5, 0.6) is 11.5 Å². The van der Waals surface area contributed by atoms with Crippen LogP contribution >= 0.6 is 0 Å². The first-order chi connectivity index (χ1) is 9.20. The van der Waals surface area contributed by atoms with E-state index in [1.165, 1.54) is 25.5 Å². The van der Waals surface area contributed by atoms with Gasteiger partial charge in [0.05, 0.1) is 13.4 Å². The van der Waals surface area contributed by atoms with Crippen molar-refractivity contribution in [1.82, 2.24) is 0 Å². The van der Waals surface area contributed by atoms with Crippen LogP contribution in [0, 0.1) is 0 Å². The molecule has 0 aliphatic rings. The summed E-state index contributed by atoms with van der Waals surface area (Å²) in [6.07, 6.45) is 1.49. The number of hydrogen-bond donors (Lipinski definition) is 1.